The zero-order valence-electron chi connectivity index (χ0n) is 18.2. The number of rotatable bonds is 7. The molecule has 1 aromatic heterocycles. The number of amides is 1. The van der Waals surface area contributed by atoms with Crippen LogP contribution in [0.5, 0.6) is 5.75 Å². The highest BCUT2D eigenvalue weighted by Crippen LogP contribution is 2.20. The number of carbonyl (C=O) groups is 1. The minimum Gasteiger partial charge on any atom is -0.497 e. The number of benzene rings is 2. The molecule has 1 N–H and O–H groups in total. The second kappa shape index (κ2) is 9.74. The Hall–Kier alpha value is -3.21. The van der Waals surface area contributed by atoms with E-state index in [4.69, 9.17) is 9.15 Å². The molecule has 33 heavy (non-hydrogen) atoms. The summed E-state index contributed by atoms with van der Waals surface area (Å²) in [7, 11) is -2.03. The molecule has 0 atom stereocenters. The van der Waals surface area contributed by atoms with Gasteiger partial charge in [-0.15, -0.1) is 0 Å². The molecule has 2 aromatic carbocycles. The third kappa shape index (κ3) is 5.08. The number of fused-ring (bicyclic) bond motifs is 1. The van der Waals surface area contributed by atoms with Crippen LogP contribution in [0.4, 0.5) is 0 Å². The van der Waals surface area contributed by atoms with E-state index in [0.717, 1.165) is 0 Å². The van der Waals surface area contributed by atoms with Gasteiger partial charge in [-0.2, -0.15) is 4.31 Å². The molecule has 4 rings (SSSR count). The number of ether oxygens (including phenoxy) is 1. The number of hydrogen-bond donors (Lipinski definition) is 1. The van der Waals surface area contributed by atoms with Crippen LogP contribution in [0, 0.1) is 0 Å². The normalized spacial score (nSPS) is 15.4. The maximum Gasteiger partial charge on any atom is 0.287 e. The molecule has 1 aliphatic heterocycles. The summed E-state index contributed by atoms with van der Waals surface area (Å²) in [6, 6.07) is 14.3. The molecule has 0 unspecified atom stereocenters. The summed E-state index contributed by atoms with van der Waals surface area (Å²) >= 11 is 0. The molecular formula is C23H25N3O6S. The van der Waals surface area contributed by atoms with E-state index in [9.17, 15) is 18.0 Å². The van der Waals surface area contributed by atoms with E-state index in [0.29, 0.717) is 56.0 Å². The number of hydrogen-bond acceptors (Lipinski definition) is 7. The number of nitrogens with one attached hydrogen (secondary N) is 1. The van der Waals surface area contributed by atoms with Crippen molar-refractivity contribution in [1.29, 1.82) is 0 Å². The maximum atomic E-state index is 12.8. The van der Waals surface area contributed by atoms with Gasteiger partial charge in [-0.3, -0.25) is 14.5 Å². The molecule has 0 radical (unpaired) electrons. The molecule has 1 saturated heterocycles. The lowest BCUT2D eigenvalue weighted by Gasteiger charge is -2.33. The van der Waals surface area contributed by atoms with Crippen molar-refractivity contribution in [2.24, 2.45) is 0 Å². The Balaban J connectivity index is 1.28. The summed E-state index contributed by atoms with van der Waals surface area (Å²) in [5.74, 6) is 0.108. The number of para-hydroxylation sites is 1. The summed E-state index contributed by atoms with van der Waals surface area (Å²) in [6.45, 7) is 2.73. The van der Waals surface area contributed by atoms with E-state index >= 15 is 0 Å². The van der Waals surface area contributed by atoms with E-state index in [1.807, 2.05) is 0 Å². The van der Waals surface area contributed by atoms with Crippen LogP contribution in [0.1, 0.15) is 10.6 Å². The van der Waals surface area contributed by atoms with Crippen LogP contribution in [0.3, 0.4) is 0 Å². The molecule has 3 aromatic rings. The maximum absolute atomic E-state index is 12.8. The monoisotopic (exact) mass is 471 g/mol. The summed E-state index contributed by atoms with van der Waals surface area (Å²) in [4.78, 5) is 26.9. The van der Waals surface area contributed by atoms with Gasteiger partial charge in [0.05, 0.1) is 17.4 Å². The van der Waals surface area contributed by atoms with E-state index < -0.39 is 15.9 Å². The Kier molecular flexibility index (Phi) is 6.77. The first-order chi connectivity index (χ1) is 15.9. The van der Waals surface area contributed by atoms with Crippen LogP contribution >= 0.6 is 0 Å². The van der Waals surface area contributed by atoms with Crippen molar-refractivity contribution in [3.63, 3.8) is 0 Å². The minimum atomic E-state index is -3.56. The summed E-state index contributed by atoms with van der Waals surface area (Å²) in [5, 5.41) is 3.19. The molecular weight excluding hydrogens is 446 g/mol. The Morgan fingerprint density at radius 2 is 1.76 bits per heavy atom. The zero-order valence-corrected chi connectivity index (χ0v) is 19.0. The SMILES string of the molecule is COc1ccc(S(=O)(=O)N2CCN(CCNC(=O)c3cc(=O)c4ccccc4o3)CC2)cc1. The van der Waals surface area contributed by atoms with Crippen LogP contribution in [0.25, 0.3) is 11.0 Å². The molecule has 1 amide bonds. The number of sulfonamides is 1. The first-order valence-corrected chi connectivity index (χ1v) is 12.0. The zero-order chi connectivity index (χ0) is 23.4. The molecule has 1 fully saturated rings. The highest BCUT2D eigenvalue weighted by Gasteiger charge is 2.28. The van der Waals surface area contributed by atoms with Crippen molar-refractivity contribution in [1.82, 2.24) is 14.5 Å². The van der Waals surface area contributed by atoms with Crippen molar-refractivity contribution in [3.05, 3.63) is 70.6 Å². The highest BCUT2D eigenvalue weighted by molar-refractivity contribution is 7.89. The fourth-order valence-corrected chi connectivity index (χ4v) is 5.14. The number of nitrogens with zero attached hydrogens (tertiary/aromatic N) is 2. The van der Waals surface area contributed by atoms with Crippen molar-refractivity contribution < 1.29 is 22.4 Å². The molecule has 1 aliphatic rings. The van der Waals surface area contributed by atoms with E-state index in [2.05, 4.69) is 10.2 Å². The molecule has 2 heterocycles. The van der Waals surface area contributed by atoms with Crippen LogP contribution < -0.4 is 15.5 Å². The predicted octanol–water partition coefficient (Wildman–Crippen LogP) is 1.54. The van der Waals surface area contributed by atoms with Gasteiger partial charge in [0.25, 0.3) is 5.91 Å². The molecule has 0 aliphatic carbocycles. The van der Waals surface area contributed by atoms with Crippen molar-refractivity contribution in [2.75, 3.05) is 46.4 Å². The van der Waals surface area contributed by atoms with Gasteiger partial charge in [-0.1, -0.05) is 12.1 Å². The second-order valence-corrected chi connectivity index (χ2v) is 9.59. The lowest BCUT2D eigenvalue weighted by molar-refractivity contribution is 0.0918. The second-order valence-electron chi connectivity index (χ2n) is 7.65. The average molecular weight is 472 g/mol. The van der Waals surface area contributed by atoms with E-state index in [1.165, 1.54) is 17.5 Å². The summed E-state index contributed by atoms with van der Waals surface area (Å²) in [6.07, 6.45) is 0. The Bertz CT molecular complexity index is 1300. The summed E-state index contributed by atoms with van der Waals surface area (Å²) in [5.41, 5.74) is 0.0977. The largest absolute Gasteiger partial charge is 0.497 e. The Morgan fingerprint density at radius 3 is 2.45 bits per heavy atom. The van der Waals surface area contributed by atoms with Gasteiger partial charge < -0.3 is 14.5 Å². The number of piperazine rings is 1. The van der Waals surface area contributed by atoms with E-state index in [1.54, 1.807) is 48.5 Å². The Morgan fingerprint density at radius 1 is 1.06 bits per heavy atom. The molecule has 9 nitrogen and oxygen atoms in total. The molecule has 10 heteroatoms. The van der Waals surface area contributed by atoms with E-state index in [-0.39, 0.29) is 16.1 Å². The van der Waals surface area contributed by atoms with Gasteiger partial charge in [0.15, 0.2) is 11.2 Å². The van der Waals surface area contributed by atoms with Crippen molar-refractivity contribution >= 4 is 26.9 Å². The predicted molar refractivity (Wildman–Crippen MR) is 123 cm³/mol. The molecule has 0 saturated carbocycles. The summed E-state index contributed by atoms with van der Waals surface area (Å²) < 4.78 is 37.8. The van der Waals surface area contributed by atoms with Crippen LogP contribution in [0.15, 0.2) is 68.7 Å². The van der Waals surface area contributed by atoms with Gasteiger partial charge >= 0.3 is 0 Å². The van der Waals surface area contributed by atoms with Gasteiger partial charge in [-0.25, -0.2) is 8.42 Å². The quantitative estimate of drug-likeness (QED) is 0.557. The fraction of sp³-hybridized carbons (Fsp3) is 0.304. The first kappa shape index (κ1) is 23.0. The lowest BCUT2D eigenvalue weighted by Crippen LogP contribution is -2.50. The fourth-order valence-electron chi connectivity index (χ4n) is 3.72. The highest BCUT2D eigenvalue weighted by atomic mass is 32.2. The van der Waals surface area contributed by atoms with Crippen LogP contribution in [-0.4, -0.2) is 69.9 Å². The topological polar surface area (TPSA) is 109 Å². The number of carbonyl (C=O) groups excluding carboxylic acids is 1. The third-order valence-corrected chi connectivity index (χ3v) is 7.51. The smallest absolute Gasteiger partial charge is 0.287 e. The van der Waals surface area contributed by atoms with Crippen LogP contribution in [0.2, 0.25) is 0 Å². The minimum absolute atomic E-state index is 0.0332. The Labute approximate surface area is 191 Å². The third-order valence-electron chi connectivity index (χ3n) is 5.60. The standard InChI is InChI=1S/C23H25N3O6S/c1-31-17-6-8-18(9-7-17)33(29,30)26-14-12-25(13-15-26)11-10-24-23(28)22-16-20(27)19-4-2-3-5-21(19)32-22/h2-9,16H,10-15H2,1H3,(H,24,28). The average Bonchev–Trinajstić information content (AvgIpc) is 2.84. The molecule has 174 valence electrons. The van der Waals surface area contributed by atoms with Crippen molar-refractivity contribution in [2.45, 2.75) is 4.90 Å². The number of methoxy groups -OCH3 is 1. The van der Waals surface area contributed by atoms with Crippen molar-refractivity contribution in [3.8, 4) is 5.75 Å². The lowest BCUT2D eigenvalue weighted by atomic mass is 10.2. The van der Waals surface area contributed by atoms with Crippen LogP contribution in [-0.2, 0) is 10.0 Å². The molecule has 0 spiro atoms. The van der Waals surface area contributed by atoms with Gasteiger partial charge in [-0.05, 0) is 36.4 Å². The van der Waals surface area contributed by atoms with Gasteiger partial charge in [0.2, 0.25) is 10.0 Å². The van der Waals surface area contributed by atoms with Gasteiger partial charge in [0, 0.05) is 45.3 Å². The van der Waals surface area contributed by atoms with Gasteiger partial charge in [0.1, 0.15) is 11.3 Å². The first-order valence-electron chi connectivity index (χ1n) is 10.6. The molecule has 0 bridgehead atoms.